The van der Waals surface area contributed by atoms with Crippen molar-refractivity contribution in [1.29, 1.82) is 0 Å². The molecule has 0 saturated heterocycles. The van der Waals surface area contributed by atoms with E-state index in [1.807, 2.05) is 19.9 Å². The summed E-state index contributed by atoms with van der Waals surface area (Å²) in [4.78, 5) is 2.00. The van der Waals surface area contributed by atoms with Crippen LogP contribution >= 0.6 is 11.3 Å². The van der Waals surface area contributed by atoms with Crippen LogP contribution in [0, 0.1) is 19.7 Å². The first-order valence-corrected chi connectivity index (χ1v) is 7.17. The Kier molecular flexibility index (Phi) is 4.39. The fourth-order valence-corrected chi connectivity index (χ4v) is 3.37. The number of halogens is 4. The summed E-state index contributed by atoms with van der Waals surface area (Å²) >= 11 is 1.54. The minimum absolute atomic E-state index is 0.00762. The van der Waals surface area contributed by atoms with Crippen molar-refractivity contribution >= 4 is 11.3 Å². The lowest BCUT2D eigenvalue weighted by atomic mass is 9.96. The van der Waals surface area contributed by atoms with Crippen LogP contribution in [0.2, 0.25) is 0 Å². The van der Waals surface area contributed by atoms with Crippen LogP contribution in [0.1, 0.15) is 32.5 Å². The van der Waals surface area contributed by atoms with Gasteiger partial charge in [0.2, 0.25) is 0 Å². The van der Waals surface area contributed by atoms with Gasteiger partial charge >= 0.3 is 6.18 Å². The topological polar surface area (TPSA) is 12.0 Å². The van der Waals surface area contributed by atoms with Gasteiger partial charge in [-0.1, -0.05) is 12.1 Å². The summed E-state index contributed by atoms with van der Waals surface area (Å²) in [6, 6.07) is 4.66. The van der Waals surface area contributed by atoms with Gasteiger partial charge in [-0.25, -0.2) is 4.39 Å². The molecule has 6 heteroatoms. The lowest BCUT2D eigenvalue weighted by Crippen LogP contribution is -2.21. The van der Waals surface area contributed by atoms with Gasteiger partial charge in [0, 0.05) is 15.3 Å². The van der Waals surface area contributed by atoms with E-state index in [1.54, 1.807) is 7.05 Å². The van der Waals surface area contributed by atoms with Crippen LogP contribution in [0.5, 0.6) is 0 Å². The summed E-state index contributed by atoms with van der Waals surface area (Å²) in [7, 11) is 1.61. The number of hydrogen-bond acceptors (Lipinski definition) is 2. The number of aryl methyl sites for hydroxylation is 2. The number of benzene rings is 1. The highest BCUT2D eigenvalue weighted by Crippen LogP contribution is 2.37. The number of rotatable bonds is 3. The third-order valence-electron chi connectivity index (χ3n) is 3.32. The Morgan fingerprint density at radius 3 is 2.29 bits per heavy atom. The first-order chi connectivity index (χ1) is 9.75. The van der Waals surface area contributed by atoms with E-state index in [9.17, 15) is 17.6 Å². The van der Waals surface area contributed by atoms with E-state index in [4.69, 9.17) is 0 Å². The van der Waals surface area contributed by atoms with E-state index in [0.717, 1.165) is 21.4 Å². The molecule has 1 aromatic carbocycles. The lowest BCUT2D eigenvalue weighted by molar-refractivity contribution is -0.140. The smallest absolute Gasteiger partial charge is 0.309 e. The zero-order valence-electron chi connectivity index (χ0n) is 11.8. The van der Waals surface area contributed by atoms with Gasteiger partial charge in [-0.15, -0.1) is 11.3 Å². The van der Waals surface area contributed by atoms with Crippen LogP contribution in [0.25, 0.3) is 0 Å². The maximum absolute atomic E-state index is 14.3. The molecule has 0 aliphatic carbocycles. The summed E-state index contributed by atoms with van der Waals surface area (Å²) in [6.07, 6.45) is -4.70. The molecule has 1 atom stereocenters. The van der Waals surface area contributed by atoms with Crippen molar-refractivity contribution in [2.75, 3.05) is 7.05 Å². The van der Waals surface area contributed by atoms with Crippen molar-refractivity contribution < 1.29 is 17.6 Å². The molecule has 0 aliphatic rings. The first kappa shape index (κ1) is 16.0. The van der Waals surface area contributed by atoms with E-state index in [0.29, 0.717) is 0 Å². The molecule has 2 rings (SSSR count). The monoisotopic (exact) mass is 317 g/mol. The highest BCUT2D eigenvalue weighted by Gasteiger charge is 2.36. The standard InChI is InChI=1S/C15H15F4NS/c1-8-7-11(9(2)21-8)14(20-3)10-5-4-6-12(13(10)16)15(17,18)19/h4-7,14,20H,1-3H3. The molecule has 0 bridgehead atoms. The molecule has 0 radical (unpaired) electrons. The second kappa shape index (κ2) is 5.77. The van der Waals surface area contributed by atoms with Crippen molar-refractivity contribution in [2.45, 2.75) is 26.1 Å². The molecular formula is C15H15F4NS. The number of hydrogen-bond donors (Lipinski definition) is 1. The predicted octanol–water partition coefficient (Wildman–Crippen LogP) is 4.83. The molecule has 1 unspecified atom stereocenters. The van der Waals surface area contributed by atoms with Crippen molar-refractivity contribution in [3.8, 4) is 0 Å². The Hall–Kier alpha value is -1.40. The summed E-state index contributed by atoms with van der Waals surface area (Å²) < 4.78 is 52.7. The Morgan fingerprint density at radius 2 is 1.81 bits per heavy atom. The van der Waals surface area contributed by atoms with Crippen molar-refractivity contribution in [3.63, 3.8) is 0 Å². The van der Waals surface area contributed by atoms with Gasteiger partial charge in [0.05, 0.1) is 11.6 Å². The molecule has 0 spiro atoms. The molecule has 1 aromatic heterocycles. The molecule has 114 valence electrons. The third-order valence-corrected chi connectivity index (χ3v) is 4.31. The zero-order valence-corrected chi connectivity index (χ0v) is 12.6. The molecular weight excluding hydrogens is 302 g/mol. The van der Waals surface area contributed by atoms with Crippen molar-refractivity contribution in [3.05, 3.63) is 56.5 Å². The van der Waals surface area contributed by atoms with Crippen molar-refractivity contribution in [2.24, 2.45) is 0 Å². The number of thiophene rings is 1. The van der Waals surface area contributed by atoms with Gasteiger partial charge in [-0.05, 0) is 38.6 Å². The van der Waals surface area contributed by atoms with Crippen molar-refractivity contribution in [1.82, 2.24) is 5.32 Å². The van der Waals surface area contributed by atoms with Gasteiger partial charge in [0.1, 0.15) is 5.82 Å². The van der Waals surface area contributed by atoms with Gasteiger partial charge in [0.15, 0.2) is 0 Å². The van der Waals surface area contributed by atoms with Crippen LogP contribution in [-0.4, -0.2) is 7.05 Å². The van der Waals surface area contributed by atoms with Crippen LogP contribution < -0.4 is 5.32 Å². The van der Waals surface area contributed by atoms with Crippen LogP contribution in [0.4, 0.5) is 17.6 Å². The van der Waals surface area contributed by atoms with Gasteiger partial charge in [0.25, 0.3) is 0 Å². The molecule has 0 amide bonds. The molecule has 0 fully saturated rings. The molecule has 0 aliphatic heterocycles. The fraction of sp³-hybridized carbons (Fsp3) is 0.333. The highest BCUT2D eigenvalue weighted by molar-refractivity contribution is 7.12. The van der Waals surface area contributed by atoms with E-state index < -0.39 is 23.6 Å². The molecule has 21 heavy (non-hydrogen) atoms. The molecule has 1 N–H and O–H groups in total. The number of nitrogens with one attached hydrogen (secondary N) is 1. The summed E-state index contributed by atoms with van der Waals surface area (Å²) in [5.74, 6) is -1.22. The normalized spacial score (nSPS) is 13.5. The lowest BCUT2D eigenvalue weighted by Gasteiger charge is -2.19. The Balaban J connectivity index is 2.56. The molecule has 0 saturated carbocycles. The average molecular weight is 317 g/mol. The first-order valence-electron chi connectivity index (χ1n) is 6.35. The average Bonchev–Trinajstić information content (AvgIpc) is 2.70. The SMILES string of the molecule is CNC(c1cc(C)sc1C)c1cccc(C(F)(F)F)c1F. The Bertz CT molecular complexity index is 646. The minimum atomic E-state index is -4.70. The van der Waals surface area contributed by atoms with Gasteiger partial charge in [-0.3, -0.25) is 0 Å². The van der Waals surface area contributed by atoms with Crippen LogP contribution in [0.3, 0.4) is 0 Å². The van der Waals surface area contributed by atoms with Gasteiger partial charge < -0.3 is 5.32 Å². The van der Waals surface area contributed by atoms with Gasteiger partial charge in [-0.2, -0.15) is 13.2 Å². The summed E-state index contributed by atoms with van der Waals surface area (Å²) in [5.41, 5.74) is -0.420. The zero-order chi connectivity index (χ0) is 15.8. The second-order valence-corrected chi connectivity index (χ2v) is 6.26. The fourth-order valence-electron chi connectivity index (χ4n) is 2.41. The largest absolute Gasteiger partial charge is 0.419 e. The highest BCUT2D eigenvalue weighted by atomic mass is 32.1. The Morgan fingerprint density at radius 1 is 1.14 bits per heavy atom. The third kappa shape index (κ3) is 3.11. The quantitative estimate of drug-likeness (QED) is 0.799. The van der Waals surface area contributed by atoms with E-state index in [1.165, 1.54) is 23.5 Å². The number of alkyl halides is 3. The minimum Gasteiger partial charge on any atom is -0.309 e. The van der Waals surface area contributed by atoms with Crippen LogP contribution in [0.15, 0.2) is 24.3 Å². The predicted molar refractivity (Wildman–Crippen MR) is 76.1 cm³/mol. The molecule has 1 heterocycles. The molecule has 2 aromatic rings. The maximum Gasteiger partial charge on any atom is 0.419 e. The second-order valence-electron chi connectivity index (χ2n) is 4.80. The van der Waals surface area contributed by atoms with Crippen LogP contribution in [-0.2, 0) is 6.18 Å². The maximum atomic E-state index is 14.3. The van der Waals surface area contributed by atoms with E-state index in [2.05, 4.69) is 5.32 Å². The van der Waals surface area contributed by atoms with E-state index >= 15 is 0 Å². The van der Waals surface area contributed by atoms with E-state index in [-0.39, 0.29) is 5.56 Å². The Labute approximate surface area is 124 Å². The summed E-state index contributed by atoms with van der Waals surface area (Å²) in [6.45, 7) is 3.79. The summed E-state index contributed by atoms with van der Waals surface area (Å²) in [5, 5.41) is 2.91. The molecule has 1 nitrogen and oxygen atoms in total.